The quantitative estimate of drug-likeness (QED) is 0.308. The molecule has 0 saturated carbocycles. The number of rotatable bonds is 6. The van der Waals surface area contributed by atoms with Crippen LogP contribution in [0.15, 0.2) is 65.7 Å². The van der Waals surface area contributed by atoms with Gasteiger partial charge in [-0.2, -0.15) is 18.3 Å². The van der Waals surface area contributed by atoms with E-state index in [1.54, 1.807) is 41.2 Å². The van der Waals surface area contributed by atoms with Gasteiger partial charge in [0.25, 0.3) is 0 Å². The van der Waals surface area contributed by atoms with Crippen LogP contribution in [0.3, 0.4) is 0 Å². The molecule has 1 saturated heterocycles. The average molecular weight is 575 g/mol. The van der Waals surface area contributed by atoms with Crippen LogP contribution in [-0.4, -0.2) is 52.4 Å². The van der Waals surface area contributed by atoms with Crippen molar-refractivity contribution in [2.24, 2.45) is 0 Å². The van der Waals surface area contributed by atoms with Crippen molar-refractivity contribution in [2.75, 3.05) is 18.8 Å². The number of halogens is 3. The highest BCUT2D eigenvalue weighted by Gasteiger charge is 2.36. The van der Waals surface area contributed by atoms with Gasteiger partial charge in [-0.3, -0.25) is 4.68 Å². The largest absolute Gasteiger partial charge is 0.465 e. The molecular formula is C26H25F3N6O4S. The van der Waals surface area contributed by atoms with Crippen molar-refractivity contribution in [3.8, 4) is 11.3 Å². The molecule has 0 radical (unpaired) electrons. The normalized spacial score (nSPS) is 16.4. The number of amides is 1. The first-order chi connectivity index (χ1) is 19.0. The summed E-state index contributed by atoms with van der Waals surface area (Å²) in [5.74, 6) is 0.254. The summed E-state index contributed by atoms with van der Waals surface area (Å²) in [4.78, 5) is 16.2. The van der Waals surface area contributed by atoms with Crippen LogP contribution < -0.4 is 10.5 Å². The number of likely N-dealkylation sites (tertiary alicyclic amines) is 1. The van der Waals surface area contributed by atoms with Gasteiger partial charge in [0.15, 0.2) is 0 Å². The zero-order valence-electron chi connectivity index (χ0n) is 21.0. The van der Waals surface area contributed by atoms with Gasteiger partial charge in [0.05, 0.1) is 27.4 Å². The molecule has 0 bridgehead atoms. The molecule has 4 N–H and O–H groups in total. The van der Waals surface area contributed by atoms with E-state index in [2.05, 4.69) is 9.71 Å². The summed E-state index contributed by atoms with van der Waals surface area (Å²) in [6.07, 6.45) is -2.83. The average Bonchev–Trinajstić information content (AvgIpc) is 3.33. The molecule has 10 nitrogen and oxygen atoms in total. The number of piperidine rings is 1. The lowest BCUT2D eigenvalue weighted by molar-refractivity contribution is -0.139. The van der Waals surface area contributed by atoms with Crippen LogP contribution in [0, 0.1) is 0 Å². The number of nitrogen functional groups attached to an aromatic ring is 1. The zero-order valence-corrected chi connectivity index (χ0v) is 21.8. The van der Waals surface area contributed by atoms with E-state index in [9.17, 15) is 31.5 Å². The number of sulfonamides is 1. The minimum absolute atomic E-state index is 0.198. The van der Waals surface area contributed by atoms with E-state index in [-0.39, 0.29) is 24.9 Å². The number of fused-ring (bicyclic) bond motifs is 1. The summed E-state index contributed by atoms with van der Waals surface area (Å²) >= 11 is 0. The van der Waals surface area contributed by atoms with Crippen molar-refractivity contribution < 1.29 is 31.5 Å². The summed E-state index contributed by atoms with van der Waals surface area (Å²) < 4.78 is 69.3. The molecule has 4 aromatic rings. The van der Waals surface area contributed by atoms with Gasteiger partial charge in [0.1, 0.15) is 11.5 Å². The van der Waals surface area contributed by atoms with Crippen LogP contribution in [0.2, 0.25) is 0 Å². The third-order valence-corrected chi connectivity index (χ3v) is 8.30. The fourth-order valence-corrected chi connectivity index (χ4v) is 6.14. The number of nitrogens with zero attached hydrogens (tertiary/aromatic N) is 4. The van der Waals surface area contributed by atoms with Crippen LogP contribution in [0.5, 0.6) is 0 Å². The van der Waals surface area contributed by atoms with E-state index < -0.39 is 32.8 Å². The van der Waals surface area contributed by atoms with Crippen molar-refractivity contribution in [1.82, 2.24) is 24.4 Å². The van der Waals surface area contributed by atoms with Crippen molar-refractivity contribution in [3.63, 3.8) is 0 Å². The van der Waals surface area contributed by atoms with E-state index in [1.807, 2.05) is 0 Å². The Bertz CT molecular complexity index is 1670. The van der Waals surface area contributed by atoms with Gasteiger partial charge in [-0.05, 0) is 36.6 Å². The van der Waals surface area contributed by atoms with Crippen LogP contribution in [0.4, 0.5) is 23.8 Å². The van der Waals surface area contributed by atoms with Crippen LogP contribution in [0.25, 0.3) is 22.2 Å². The molecule has 2 aromatic carbocycles. The number of anilines is 1. The SMILES string of the molecule is Nc1nccc2c1c(-c1ccc(CNS(=O)(=O)c3ccccc3C(F)(F)F)cc1)nn2[C@@H]1CCCN(C(=O)O)C1. The number of pyridine rings is 1. The number of aromatic nitrogens is 3. The highest BCUT2D eigenvalue weighted by atomic mass is 32.2. The molecule has 1 atom stereocenters. The Hall–Kier alpha value is -4.17. The van der Waals surface area contributed by atoms with Gasteiger partial charge in [0, 0.05) is 31.4 Å². The Morgan fingerprint density at radius 1 is 1.12 bits per heavy atom. The molecule has 2 aromatic heterocycles. The topological polar surface area (TPSA) is 143 Å². The summed E-state index contributed by atoms with van der Waals surface area (Å²) in [5, 5.41) is 14.8. The Kier molecular flexibility index (Phi) is 7.14. The first-order valence-corrected chi connectivity index (χ1v) is 13.8. The van der Waals surface area contributed by atoms with Gasteiger partial charge in [0.2, 0.25) is 10.0 Å². The van der Waals surface area contributed by atoms with Gasteiger partial charge < -0.3 is 15.7 Å². The third kappa shape index (κ3) is 5.31. The molecule has 3 heterocycles. The van der Waals surface area contributed by atoms with Crippen LogP contribution >= 0.6 is 0 Å². The van der Waals surface area contributed by atoms with E-state index in [0.29, 0.717) is 40.7 Å². The second-order valence-electron chi connectivity index (χ2n) is 9.42. The Morgan fingerprint density at radius 3 is 2.55 bits per heavy atom. The Labute approximate surface area is 227 Å². The van der Waals surface area contributed by atoms with Gasteiger partial charge in [-0.1, -0.05) is 36.4 Å². The highest BCUT2D eigenvalue weighted by Crippen LogP contribution is 2.36. The number of carboxylic acid groups (broad SMARTS) is 1. The van der Waals surface area contributed by atoms with Crippen molar-refractivity contribution >= 4 is 32.8 Å². The summed E-state index contributed by atoms with van der Waals surface area (Å²) in [5.41, 5.74) is 7.37. The highest BCUT2D eigenvalue weighted by molar-refractivity contribution is 7.89. The predicted molar refractivity (Wildman–Crippen MR) is 141 cm³/mol. The molecule has 1 aliphatic rings. The molecule has 0 unspecified atom stereocenters. The molecular weight excluding hydrogens is 549 g/mol. The molecule has 1 fully saturated rings. The molecule has 5 rings (SSSR count). The fourth-order valence-electron chi connectivity index (χ4n) is 4.89. The molecule has 0 aliphatic carbocycles. The number of alkyl halides is 3. The van der Waals surface area contributed by atoms with E-state index in [0.717, 1.165) is 24.6 Å². The molecule has 210 valence electrons. The van der Waals surface area contributed by atoms with E-state index in [1.165, 1.54) is 11.0 Å². The van der Waals surface area contributed by atoms with Gasteiger partial charge in [-0.15, -0.1) is 0 Å². The summed E-state index contributed by atoms with van der Waals surface area (Å²) in [7, 11) is -4.45. The number of benzene rings is 2. The summed E-state index contributed by atoms with van der Waals surface area (Å²) in [6.45, 7) is 0.500. The number of nitrogens with one attached hydrogen (secondary N) is 1. The first kappa shape index (κ1) is 27.4. The maximum absolute atomic E-state index is 13.3. The first-order valence-electron chi connectivity index (χ1n) is 12.3. The second kappa shape index (κ2) is 10.4. The lowest BCUT2D eigenvalue weighted by Crippen LogP contribution is -2.40. The van der Waals surface area contributed by atoms with E-state index in [4.69, 9.17) is 10.8 Å². The minimum atomic E-state index is -4.82. The second-order valence-corrected chi connectivity index (χ2v) is 11.2. The van der Waals surface area contributed by atoms with Crippen LogP contribution in [-0.2, 0) is 22.7 Å². The Balaban J connectivity index is 1.41. The van der Waals surface area contributed by atoms with Crippen LogP contribution in [0.1, 0.15) is 30.0 Å². The molecule has 1 aliphatic heterocycles. The van der Waals surface area contributed by atoms with Gasteiger partial charge >= 0.3 is 12.3 Å². The number of hydrogen-bond donors (Lipinski definition) is 3. The molecule has 1 amide bonds. The monoisotopic (exact) mass is 574 g/mol. The fraction of sp³-hybridized carbons (Fsp3) is 0.269. The molecule has 0 spiro atoms. The standard InChI is InChI=1S/C26H25F3N6O4S/c27-26(28,29)19-5-1-2-6-21(19)40(38,39)32-14-16-7-9-17(10-8-16)23-22-20(11-12-31-24(22)30)35(33-23)18-4-3-13-34(15-18)25(36)37/h1-2,5-12,18,32H,3-4,13-15H2,(H2,30,31)(H,36,37)/t18-/m1/s1. The number of nitrogens with two attached hydrogens (primary N) is 1. The maximum Gasteiger partial charge on any atom is 0.417 e. The lowest BCUT2D eigenvalue weighted by Gasteiger charge is -2.31. The number of carbonyl (C=O) groups is 1. The maximum atomic E-state index is 13.3. The zero-order chi connectivity index (χ0) is 28.7. The third-order valence-electron chi connectivity index (χ3n) is 6.84. The minimum Gasteiger partial charge on any atom is -0.465 e. The molecule has 14 heteroatoms. The number of hydrogen-bond acceptors (Lipinski definition) is 6. The molecule has 40 heavy (non-hydrogen) atoms. The van der Waals surface area contributed by atoms with E-state index >= 15 is 0 Å². The summed E-state index contributed by atoms with van der Waals surface area (Å²) in [6, 6.07) is 12.2. The van der Waals surface area contributed by atoms with Crippen molar-refractivity contribution in [3.05, 3.63) is 71.9 Å². The predicted octanol–water partition coefficient (Wildman–Crippen LogP) is 4.49. The van der Waals surface area contributed by atoms with Crippen molar-refractivity contribution in [1.29, 1.82) is 0 Å². The Morgan fingerprint density at radius 2 is 1.85 bits per heavy atom. The van der Waals surface area contributed by atoms with Crippen molar-refractivity contribution in [2.45, 2.75) is 36.5 Å². The lowest BCUT2D eigenvalue weighted by atomic mass is 10.1. The smallest absolute Gasteiger partial charge is 0.417 e. The van der Waals surface area contributed by atoms with Gasteiger partial charge in [-0.25, -0.2) is 22.9 Å².